The largest absolute Gasteiger partial charge is 0.326 e. The molecule has 1 amide bonds. The Morgan fingerprint density at radius 2 is 2.17 bits per heavy atom. The van der Waals surface area contributed by atoms with E-state index in [9.17, 15) is 4.79 Å². The molecule has 0 saturated carbocycles. The molecule has 24 heavy (non-hydrogen) atoms. The topological polar surface area (TPSA) is 72.2 Å². The molecular formula is C17H21N5OS. The second-order valence-electron chi connectivity index (χ2n) is 6.19. The Morgan fingerprint density at radius 3 is 2.92 bits per heavy atom. The quantitative estimate of drug-likeness (QED) is 0.739. The van der Waals surface area contributed by atoms with Crippen molar-refractivity contribution in [2.24, 2.45) is 5.92 Å². The summed E-state index contributed by atoms with van der Waals surface area (Å²) in [6, 6.07) is 7.76. The normalized spacial score (nSPS) is 11.3. The van der Waals surface area contributed by atoms with Gasteiger partial charge in [0.15, 0.2) is 5.82 Å². The highest BCUT2D eigenvalue weighted by atomic mass is 32.1. The van der Waals surface area contributed by atoms with Gasteiger partial charge in [-0.25, -0.2) is 0 Å². The number of aromatic nitrogens is 4. The lowest BCUT2D eigenvalue weighted by atomic mass is 10.1. The molecule has 0 fully saturated rings. The molecule has 0 saturated heterocycles. The first-order valence-corrected chi connectivity index (χ1v) is 9.00. The van der Waals surface area contributed by atoms with Crippen molar-refractivity contribution in [1.82, 2.24) is 19.8 Å². The molecule has 1 N–H and O–H groups in total. The molecule has 126 valence electrons. The average molecular weight is 343 g/mol. The number of nitrogens with one attached hydrogen (secondary N) is 1. The highest BCUT2D eigenvalue weighted by Gasteiger charge is 2.13. The SMILES string of the molecule is CCCc1nnc2sc(-c3cccc(NC(=O)CC(C)C)c3)nn12. The van der Waals surface area contributed by atoms with Gasteiger partial charge in [-0.2, -0.15) is 9.61 Å². The molecule has 0 atom stereocenters. The Bertz CT molecular complexity index is 852. The maximum Gasteiger partial charge on any atom is 0.234 e. The number of hydrogen-bond acceptors (Lipinski definition) is 5. The third-order valence-corrected chi connectivity index (χ3v) is 4.46. The van der Waals surface area contributed by atoms with Gasteiger partial charge in [0, 0.05) is 24.1 Å². The zero-order chi connectivity index (χ0) is 17.1. The molecular weight excluding hydrogens is 322 g/mol. The summed E-state index contributed by atoms with van der Waals surface area (Å²) >= 11 is 1.50. The zero-order valence-electron chi connectivity index (χ0n) is 14.1. The molecule has 0 aliphatic heterocycles. The van der Waals surface area contributed by atoms with E-state index < -0.39 is 0 Å². The maximum atomic E-state index is 11.9. The number of nitrogens with zero attached hydrogens (tertiary/aromatic N) is 4. The smallest absolute Gasteiger partial charge is 0.234 e. The van der Waals surface area contributed by atoms with Gasteiger partial charge in [-0.3, -0.25) is 4.79 Å². The summed E-state index contributed by atoms with van der Waals surface area (Å²) in [5, 5.41) is 16.8. The molecule has 3 aromatic rings. The lowest BCUT2D eigenvalue weighted by Crippen LogP contribution is -2.13. The van der Waals surface area contributed by atoms with Crippen LogP contribution in [-0.4, -0.2) is 25.7 Å². The molecule has 3 rings (SSSR count). The molecule has 0 unspecified atom stereocenters. The van der Waals surface area contributed by atoms with Crippen LogP contribution < -0.4 is 5.32 Å². The lowest BCUT2D eigenvalue weighted by molar-refractivity contribution is -0.116. The second-order valence-corrected chi connectivity index (χ2v) is 7.15. The van der Waals surface area contributed by atoms with Gasteiger partial charge in [0.2, 0.25) is 10.9 Å². The van der Waals surface area contributed by atoms with E-state index in [4.69, 9.17) is 0 Å². The van der Waals surface area contributed by atoms with Crippen LogP contribution in [-0.2, 0) is 11.2 Å². The molecule has 0 spiro atoms. The van der Waals surface area contributed by atoms with Crippen molar-refractivity contribution in [1.29, 1.82) is 0 Å². The molecule has 0 aliphatic rings. The monoisotopic (exact) mass is 343 g/mol. The molecule has 2 aromatic heterocycles. The first kappa shape index (κ1) is 16.6. The minimum atomic E-state index is 0.0329. The molecule has 0 aliphatic carbocycles. The predicted octanol–water partition coefficient (Wildman–Crippen LogP) is 3.79. The van der Waals surface area contributed by atoms with Crippen LogP contribution in [0.25, 0.3) is 15.5 Å². The van der Waals surface area contributed by atoms with Crippen LogP contribution in [0, 0.1) is 5.92 Å². The fraction of sp³-hybridized carbons (Fsp3) is 0.412. The molecule has 0 radical (unpaired) electrons. The number of fused-ring (bicyclic) bond motifs is 1. The summed E-state index contributed by atoms with van der Waals surface area (Å²) in [5.41, 5.74) is 1.76. The fourth-order valence-corrected chi connectivity index (χ4v) is 3.32. The van der Waals surface area contributed by atoms with E-state index in [2.05, 4.69) is 27.5 Å². The summed E-state index contributed by atoms with van der Waals surface area (Å²) in [6.45, 7) is 6.17. The number of hydrogen-bond donors (Lipinski definition) is 1. The van der Waals surface area contributed by atoms with E-state index in [-0.39, 0.29) is 5.91 Å². The minimum absolute atomic E-state index is 0.0329. The Morgan fingerprint density at radius 1 is 1.33 bits per heavy atom. The van der Waals surface area contributed by atoms with Crippen LogP contribution in [0.4, 0.5) is 5.69 Å². The van der Waals surface area contributed by atoms with Gasteiger partial charge in [0.1, 0.15) is 5.01 Å². The second kappa shape index (κ2) is 7.09. The van der Waals surface area contributed by atoms with E-state index >= 15 is 0 Å². The highest BCUT2D eigenvalue weighted by molar-refractivity contribution is 7.19. The van der Waals surface area contributed by atoms with Crippen LogP contribution in [0.5, 0.6) is 0 Å². The number of carbonyl (C=O) groups is 1. The fourth-order valence-electron chi connectivity index (χ4n) is 2.47. The van der Waals surface area contributed by atoms with Crippen molar-refractivity contribution in [3.05, 3.63) is 30.1 Å². The summed E-state index contributed by atoms with van der Waals surface area (Å²) < 4.78 is 1.81. The number of amides is 1. The number of rotatable bonds is 6. The Labute approximate surface area is 144 Å². The van der Waals surface area contributed by atoms with Gasteiger partial charge in [-0.15, -0.1) is 10.2 Å². The van der Waals surface area contributed by atoms with E-state index in [1.165, 1.54) is 11.3 Å². The highest BCUT2D eigenvalue weighted by Crippen LogP contribution is 2.27. The summed E-state index contributed by atoms with van der Waals surface area (Å²) in [5.74, 6) is 1.26. The van der Waals surface area contributed by atoms with Crippen LogP contribution >= 0.6 is 11.3 Å². The van der Waals surface area contributed by atoms with Gasteiger partial charge >= 0.3 is 0 Å². The molecule has 6 nitrogen and oxygen atoms in total. The minimum Gasteiger partial charge on any atom is -0.326 e. The van der Waals surface area contributed by atoms with Gasteiger partial charge in [0.05, 0.1) is 0 Å². The van der Waals surface area contributed by atoms with E-state index in [1.54, 1.807) is 0 Å². The first-order chi connectivity index (χ1) is 11.6. The van der Waals surface area contributed by atoms with Gasteiger partial charge in [-0.05, 0) is 24.5 Å². The van der Waals surface area contributed by atoms with Crippen molar-refractivity contribution < 1.29 is 4.79 Å². The van der Waals surface area contributed by atoms with Gasteiger partial charge < -0.3 is 5.32 Å². The van der Waals surface area contributed by atoms with Crippen LogP contribution in [0.1, 0.15) is 39.4 Å². The summed E-state index contributed by atoms with van der Waals surface area (Å²) in [4.78, 5) is 12.7. The number of carbonyl (C=O) groups excluding carboxylic acids is 1. The van der Waals surface area contributed by atoms with Crippen LogP contribution in [0.3, 0.4) is 0 Å². The van der Waals surface area contributed by atoms with Crippen molar-refractivity contribution >= 4 is 27.9 Å². The van der Waals surface area contributed by atoms with E-state index in [0.717, 1.165) is 39.9 Å². The third kappa shape index (κ3) is 3.62. The number of aryl methyl sites for hydroxylation is 1. The molecule has 1 aromatic carbocycles. The molecule has 0 bridgehead atoms. The van der Waals surface area contributed by atoms with Crippen molar-refractivity contribution in [2.75, 3.05) is 5.32 Å². The third-order valence-electron chi connectivity index (χ3n) is 3.52. The zero-order valence-corrected chi connectivity index (χ0v) is 14.9. The Hall–Kier alpha value is -2.28. The maximum absolute atomic E-state index is 11.9. The van der Waals surface area contributed by atoms with Gasteiger partial charge in [-0.1, -0.05) is 44.2 Å². The van der Waals surface area contributed by atoms with Crippen molar-refractivity contribution in [3.63, 3.8) is 0 Å². The van der Waals surface area contributed by atoms with Crippen molar-refractivity contribution in [3.8, 4) is 10.6 Å². The Kier molecular flexibility index (Phi) is 4.89. The van der Waals surface area contributed by atoms with Crippen LogP contribution in [0.2, 0.25) is 0 Å². The Balaban J connectivity index is 1.84. The van der Waals surface area contributed by atoms with Crippen LogP contribution in [0.15, 0.2) is 24.3 Å². The lowest BCUT2D eigenvalue weighted by Gasteiger charge is -2.07. The first-order valence-electron chi connectivity index (χ1n) is 8.18. The summed E-state index contributed by atoms with van der Waals surface area (Å²) in [6.07, 6.45) is 2.38. The molecule has 2 heterocycles. The van der Waals surface area contributed by atoms with E-state index in [0.29, 0.717) is 12.3 Å². The molecule has 7 heteroatoms. The predicted molar refractivity (Wildman–Crippen MR) is 96.2 cm³/mol. The standard InChI is InChI=1S/C17H21N5OS/c1-4-6-14-19-20-17-22(14)21-16(24-17)12-7-5-8-13(10-12)18-15(23)9-11(2)3/h5,7-8,10-11H,4,6,9H2,1-3H3,(H,18,23). The number of anilines is 1. The summed E-state index contributed by atoms with van der Waals surface area (Å²) in [7, 11) is 0. The van der Waals surface area contributed by atoms with Gasteiger partial charge in [0.25, 0.3) is 0 Å². The van der Waals surface area contributed by atoms with E-state index in [1.807, 2.05) is 42.6 Å². The van der Waals surface area contributed by atoms with Crippen molar-refractivity contribution in [2.45, 2.75) is 40.0 Å². The number of benzene rings is 1. The average Bonchev–Trinajstić information content (AvgIpc) is 3.09.